The molecule has 0 saturated carbocycles. The number of carbonyl (C=O) groups is 1. The summed E-state index contributed by atoms with van der Waals surface area (Å²) in [6.07, 6.45) is 1.73. The normalized spacial score (nSPS) is 12.0. The van der Waals surface area contributed by atoms with E-state index in [0.29, 0.717) is 16.6 Å². The summed E-state index contributed by atoms with van der Waals surface area (Å²) in [7, 11) is 0. The van der Waals surface area contributed by atoms with Gasteiger partial charge in [-0.25, -0.2) is 4.98 Å². The second-order valence-corrected chi connectivity index (χ2v) is 6.26. The minimum absolute atomic E-state index is 0.0806. The van der Waals surface area contributed by atoms with Crippen molar-refractivity contribution >= 4 is 34.5 Å². The van der Waals surface area contributed by atoms with E-state index >= 15 is 0 Å². The van der Waals surface area contributed by atoms with Gasteiger partial charge in [0.25, 0.3) is 5.91 Å². The average Bonchev–Trinajstić information content (AvgIpc) is 2.91. The van der Waals surface area contributed by atoms with E-state index in [9.17, 15) is 4.79 Å². The largest absolute Gasteiger partial charge is 0.394 e. The monoisotopic (exact) mass is 325 g/mol. The predicted molar refractivity (Wildman–Crippen MR) is 84.9 cm³/mol. The molecule has 0 radical (unpaired) electrons. The molecule has 0 fully saturated rings. The Morgan fingerprint density at radius 1 is 1.43 bits per heavy atom. The summed E-state index contributed by atoms with van der Waals surface area (Å²) >= 11 is 7.20. The zero-order chi connectivity index (χ0) is 15.2. The van der Waals surface area contributed by atoms with Crippen molar-refractivity contribution in [3.05, 3.63) is 45.4 Å². The third kappa shape index (κ3) is 4.70. The van der Waals surface area contributed by atoms with Crippen LogP contribution in [0.1, 0.15) is 22.2 Å². The number of nitrogens with zero attached hydrogens (tertiary/aromatic N) is 1. The number of hydrogen-bond donors (Lipinski definition) is 3. The number of aliphatic hydroxyl groups excluding tert-OH is 1. The van der Waals surface area contributed by atoms with E-state index in [1.54, 1.807) is 25.3 Å². The van der Waals surface area contributed by atoms with Gasteiger partial charge in [0.2, 0.25) is 0 Å². The fraction of sp³-hybridized carbons (Fsp3) is 0.286. The van der Waals surface area contributed by atoms with Crippen molar-refractivity contribution in [1.29, 1.82) is 0 Å². The van der Waals surface area contributed by atoms with Crippen molar-refractivity contribution in [3.8, 4) is 0 Å². The van der Waals surface area contributed by atoms with Gasteiger partial charge in [-0.2, -0.15) is 0 Å². The summed E-state index contributed by atoms with van der Waals surface area (Å²) < 4.78 is 0.525. The molecule has 3 N–H and O–H groups in total. The van der Waals surface area contributed by atoms with Crippen LogP contribution in [0, 0.1) is 0 Å². The summed E-state index contributed by atoms with van der Waals surface area (Å²) in [4.78, 5) is 16.9. The van der Waals surface area contributed by atoms with Crippen LogP contribution in [0.3, 0.4) is 0 Å². The molecule has 0 aliphatic heterocycles. The molecule has 1 atom stereocenters. The third-order valence-corrected chi connectivity index (χ3v) is 3.91. The van der Waals surface area contributed by atoms with E-state index in [-0.39, 0.29) is 18.6 Å². The Balaban J connectivity index is 1.91. The maximum absolute atomic E-state index is 11.8. The van der Waals surface area contributed by atoms with E-state index in [0.717, 1.165) is 10.6 Å². The van der Waals surface area contributed by atoms with Crippen LogP contribution in [0.15, 0.2) is 30.5 Å². The van der Waals surface area contributed by atoms with Gasteiger partial charge in [-0.3, -0.25) is 4.79 Å². The minimum Gasteiger partial charge on any atom is -0.394 e. The van der Waals surface area contributed by atoms with E-state index < -0.39 is 0 Å². The van der Waals surface area contributed by atoms with Crippen LogP contribution in [-0.2, 0) is 6.54 Å². The Kier molecular flexibility index (Phi) is 5.55. The van der Waals surface area contributed by atoms with Crippen molar-refractivity contribution in [2.45, 2.75) is 19.5 Å². The molecule has 0 aliphatic rings. The Morgan fingerprint density at radius 3 is 2.71 bits per heavy atom. The molecule has 1 unspecified atom stereocenters. The number of thiazole rings is 1. The summed E-state index contributed by atoms with van der Waals surface area (Å²) in [5.41, 5.74) is 1.47. The number of amides is 1. The van der Waals surface area contributed by atoms with Gasteiger partial charge in [-0.1, -0.05) is 11.6 Å². The number of hydrogen-bond acceptors (Lipinski definition) is 5. The van der Waals surface area contributed by atoms with Crippen molar-refractivity contribution < 1.29 is 9.90 Å². The van der Waals surface area contributed by atoms with Crippen LogP contribution in [0.2, 0.25) is 4.47 Å². The lowest BCUT2D eigenvalue weighted by Gasteiger charge is -2.11. The molecule has 0 saturated heterocycles. The molecule has 1 amide bonds. The summed E-state index contributed by atoms with van der Waals surface area (Å²) in [5.74, 6) is -0.197. The number of halogens is 1. The fourth-order valence-corrected chi connectivity index (χ4v) is 2.56. The van der Waals surface area contributed by atoms with E-state index in [4.69, 9.17) is 16.7 Å². The van der Waals surface area contributed by atoms with Crippen LogP contribution in [0.4, 0.5) is 5.69 Å². The molecule has 112 valence electrons. The second-order valence-electron chi connectivity index (χ2n) is 4.57. The van der Waals surface area contributed by atoms with Crippen LogP contribution >= 0.6 is 22.9 Å². The first-order chi connectivity index (χ1) is 10.1. The number of anilines is 1. The Hall–Kier alpha value is -1.63. The highest BCUT2D eigenvalue weighted by atomic mass is 35.5. The van der Waals surface area contributed by atoms with Gasteiger partial charge in [0.05, 0.1) is 13.2 Å². The van der Waals surface area contributed by atoms with Gasteiger partial charge in [-0.05, 0) is 31.2 Å². The average molecular weight is 326 g/mol. The van der Waals surface area contributed by atoms with E-state index in [2.05, 4.69) is 15.6 Å². The molecular weight excluding hydrogens is 310 g/mol. The Labute approximate surface area is 132 Å². The zero-order valence-corrected chi connectivity index (χ0v) is 13.0. The molecule has 7 heteroatoms. The molecule has 1 heterocycles. The summed E-state index contributed by atoms with van der Waals surface area (Å²) in [6.45, 7) is 2.30. The summed E-state index contributed by atoms with van der Waals surface area (Å²) in [5, 5.41) is 14.8. The second kappa shape index (κ2) is 7.40. The zero-order valence-electron chi connectivity index (χ0n) is 11.5. The fourth-order valence-electron chi connectivity index (χ4n) is 1.65. The number of nitrogens with one attached hydrogen (secondary N) is 2. The highest BCUT2D eigenvalue weighted by Gasteiger charge is 2.08. The Bertz CT molecular complexity index is 601. The first-order valence-corrected chi connectivity index (χ1v) is 7.64. The first-order valence-electron chi connectivity index (χ1n) is 6.44. The molecule has 0 bridgehead atoms. The molecule has 2 aromatic rings. The lowest BCUT2D eigenvalue weighted by atomic mass is 10.2. The van der Waals surface area contributed by atoms with Crippen LogP contribution < -0.4 is 10.6 Å². The molecule has 21 heavy (non-hydrogen) atoms. The van der Waals surface area contributed by atoms with Crippen molar-refractivity contribution in [2.75, 3.05) is 11.9 Å². The highest BCUT2D eigenvalue weighted by Crippen LogP contribution is 2.19. The van der Waals surface area contributed by atoms with Crippen LogP contribution in [0.5, 0.6) is 0 Å². The molecular formula is C14H16ClN3O2S. The number of carbonyl (C=O) groups excluding carboxylic acids is 1. The van der Waals surface area contributed by atoms with Gasteiger partial charge < -0.3 is 15.7 Å². The van der Waals surface area contributed by atoms with Crippen molar-refractivity contribution in [3.63, 3.8) is 0 Å². The standard InChI is InChI=1S/C14H16ClN3O2S/c1-9(8-19)18-13(20)10-2-4-11(5-3-10)16-6-12-7-17-14(15)21-12/h2-5,7,9,16,19H,6,8H2,1H3,(H,18,20). The minimum atomic E-state index is -0.258. The SMILES string of the molecule is CC(CO)NC(=O)c1ccc(NCc2cnc(Cl)s2)cc1. The third-order valence-electron chi connectivity index (χ3n) is 2.79. The Morgan fingerprint density at radius 2 is 2.14 bits per heavy atom. The molecule has 0 spiro atoms. The van der Waals surface area contributed by atoms with Crippen LogP contribution in [0.25, 0.3) is 0 Å². The molecule has 5 nitrogen and oxygen atoms in total. The summed E-state index contributed by atoms with van der Waals surface area (Å²) in [6, 6.07) is 6.89. The predicted octanol–water partition coefficient (Wildman–Crippen LogP) is 2.52. The maximum atomic E-state index is 11.8. The smallest absolute Gasteiger partial charge is 0.251 e. The topological polar surface area (TPSA) is 74.2 Å². The van der Waals surface area contributed by atoms with Crippen molar-refractivity contribution in [1.82, 2.24) is 10.3 Å². The lowest BCUT2D eigenvalue weighted by Crippen LogP contribution is -2.34. The van der Waals surface area contributed by atoms with E-state index in [1.807, 2.05) is 12.1 Å². The quantitative estimate of drug-likeness (QED) is 0.763. The molecule has 1 aromatic heterocycles. The number of benzene rings is 1. The number of aromatic nitrogens is 1. The van der Waals surface area contributed by atoms with Gasteiger partial charge >= 0.3 is 0 Å². The van der Waals surface area contributed by atoms with Gasteiger partial charge in [0.15, 0.2) is 4.47 Å². The number of aliphatic hydroxyl groups is 1. The lowest BCUT2D eigenvalue weighted by molar-refractivity contribution is 0.0922. The van der Waals surface area contributed by atoms with Gasteiger partial charge in [0, 0.05) is 28.4 Å². The molecule has 1 aromatic carbocycles. The van der Waals surface area contributed by atoms with Gasteiger partial charge in [0.1, 0.15) is 0 Å². The highest BCUT2D eigenvalue weighted by molar-refractivity contribution is 7.15. The van der Waals surface area contributed by atoms with Gasteiger partial charge in [-0.15, -0.1) is 11.3 Å². The maximum Gasteiger partial charge on any atom is 0.251 e. The van der Waals surface area contributed by atoms with E-state index in [1.165, 1.54) is 11.3 Å². The molecule has 0 aliphatic carbocycles. The number of rotatable bonds is 6. The van der Waals surface area contributed by atoms with Crippen LogP contribution in [-0.4, -0.2) is 28.6 Å². The first kappa shape index (κ1) is 15.8. The molecule has 2 rings (SSSR count). The van der Waals surface area contributed by atoms with Crippen molar-refractivity contribution in [2.24, 2.45) is 0 Å².